The Kier molecular flexibility index (Phi) is 6.16. The molecule has 1 unspecified atom stereocenters. The number of rotatable bonds is 6. The van der Waals surface area contributed by atoms with E-state index in [4.69, 9.17) is 0 Å². The number of benzene rings is 2. The molecule has 0 bridgehead atoms. The molecule has 144 valence electrons. The number of hydrogen-bond donors (Lipinski definition) is 2. The molecule has 2 aromatic carbocycles. The molecule has 7 heteroatoms. The maximum atomic E-state index is 12.5. The van der Waals surface area contributed by atoms with Crippen LogP contribution in [0.5, 0.6) is 0 Å². The third-order valence-electron chi connectivity index (χ3n) is 4.14. The number of nitrogens with zero attached hydrogens (tertiary/aromatic N) is 2. The van der Waals surface area contributed by atoms with Gasteiger partial charge in [-0.2, -0.15) is 0 Å². The van der Waals surface area contributed by atoms with E-state index in [1.165, 1.54) is 18.7 Å². The summed E-state index contributed by atoms with van der Waals surface area (Å²) in [6, 6.07) is 17.0. The Labute approximate surface area is 168 Å². The quantitative estimate of drug-likeness (QED) is 0.616. The fourth-order valence-corrected chi connectivity index (χ4v) is 3.53. The van der Waals surface area contributed by atoms with Gasteiger partial charge in [0, 0.05) is 25.3 Å². The van der Waals surface area contributed by atoms with Crippen LogP contribution in [0, 0.1) is 0 Å². The van der Waals surface area contributed by atoms with E-state index in [1.807, 2.05) is 55.1 Å². The zero-order valence-electron chi connectivity index (χ0n) is 16.0. The first-order valence-electron chi connectivity index (χ1n) is 8.86. The lowest BCUT2D eigenvalue weighted by atomic mass is 10.2. The molecule has 0 radical (unpaired) electrons. The molecule has 1 heterocycles. The molecular weight excluding hydrogens is 372 g/mol. The van der Waals surface area contributed by atoms with Gasteiger partial charge in [0.05, 0.1) is 17.1 Å². The van der Waals surface area contributed by atoms with Crippen LogP contribution in [0.3, 0.4) is 0 Å². The molecule has 2 amide bonds. The van der Waals surface area contributed by atoms with Gasteiger partial charge in [0.15, 0.2) is 5.16 Å². The number of hydrogen-bond acceptors (Lipinski definition) is 4. The van der Waals surface area contributed by atoms with Crippen molar-refractivity contribution < 1.29 is 9.59 Å². The first kappa shape index (κ1) is 19.7. The van der Waals surface area contributed by atoms with Gasteiger partial charge in [-0.1, -0.05) is 42.1 Å². The van der Waals surface area contributed by atoms with Crippen molar-refractivity contribution >= 4 is 35.0 Å². The van der Waals surface area contributed by atoms with Gasteiger partial charge in [0.2, 0.25) is 11.8 Å². The van der Waals surface area contributed by atoms with Crippen LogP contribution < -0.4 is 10.6 Å². The maximum absolute atomic E-state index is 12.5. The summed E-state index contributed by atoms with van der Waals surface area (Å²) in [5.41, 5.74) is 3.45. The van der Waals surface area contributed by atoms with Crippen LogP contribution >= 0.6 is 11.8 Å². The van der Waals surface area contributed by atoms with Gasteiger partial charge in [-0.05, 0) is 36.8 Å². The molecular formula is C21H22N4O2S. The monoisotopic (exact) mass is 394 g/mol. The van der Waals surface area contributed by atoms with Crippen LogP contribution in [-0.2, 0) is 16.6 Å². The van der Waals surface area contributed by atoms with E-state index < -0.39 is 0 Å². The van der Waals surface area contributed by atoms with Crippen molar-refractivity contribution in [2.24, 2.45) is 7.05 Å². The highest BCUT2D eigenvalue weighted by molar-refractivity contribution is 8.00. The van der Waals surface area contributed by atoms with Gasteiger partial charge in [0.1, 0.15) is 0 Å². The number of carbonyl (C=O) groups is 2. The lowest BCUT2D eigenvalue weighted by molar-refractivity contribution is -0.115. The van der Waals surface area contributed by atoms with Crippen molar-refractivity contribution in [1.29, 1.82) is 0 Å². The van der Waals surface area contributed by atoms with E-state index in [0.717, 1.165) is 16.4 Å². The Bertz CT molecular complexity index is 968. The van der Waals surface area contributed by atoms with Crippen molar-refractivity contribution in [3.05, 3.63) is 60.8 Å². The van der Waals surface area contributed by atoms with Crippen LogP contribution in [0.4, 0.5) is 11.4 Å². The van der Waals surface area contributed by atoms with Crippen molar-refractivity contribution in [3.8, 4) is 11.3 Å². The molecule has 0 saturated carbocycles. The van der Waals surface area contributed by atoms with E-state index in [9.17, 15) is 9.59 Å². The number of imidazole rings is 1. The first-order valence-corrected chi connectivity index (χ1v) is 9.74. The highest BCUT2D eigenvalue weighted by atomic mass is 32.2. The summed E-state index contributed by atoms with van der Waals surface area (Å²) in [4.78, 5) is 28.1. The molecule has 3 rings (SSSR count). The minimum absolute atomic E-state index is 0.110. The topological polar surface area (TPSA) is 76.0 Å². The summed E-state index contributed by atoms with van der Waals surface area (Å²) in [6.45, 7) is 3.30. The Morgan fingerprint density at radius 1 is 1.00 bits per heavy atom. The molecule has 3 aromatic rings. The summed E-state index contributed by atoms with van der Waals surface area (Å²) in [6.07, 6.45) is 1.82. The Balaban J connectivity index is 1.63. The third kappa shape index (κ3) is 4.80. The Hall–Kier alpha value is -3.06. The Morgan fingerprint density at radius 2 is 1.61 bits per heavy atom. The van der Waals surface area contributed by atoms with Gasteiger partial charge in [-0.25, -0.2) is 4.98 Å². The summed E-state index contributed by atoms with van der Waals surface area (Å²) >= 11 is 1.41. The summed E-state index contributed by atoms with van der Waals surface area (Å²) in [5, 5.41) is 6.05. The fraction of sp³-hybridized carbons (Fsp3) is 0.190. The van der Waals surface area contributed by atoms with Crippen molar-refractivity contribution in [3.63, 3.8) is 0 Å². The SMILES string of the molecule is CC(=O)Nc1ccc(NC(=O)C(C)Sc2ncc(-c3ccccc3)n2C)cc1. The van der Waals surface area contributed by atoms with Crippen LogP contribution in [0.1, 0.15) is 13.8 Å². The smallest absolute Gasteiger partial charge is 0.237 e. The first-order chi connectivity index (χ1) is 13.4. The minimum Gasteiger partial charge on any atom is -0.326 e. The standard InChI is InChI=1S/C21H22N4O2S/c1-14(20(27)24-18-11-9-17(10-12-18)23-15(2)26)28-21-22-13-19(25(21)3)16-7-5-4-6-8-16/h4-14H,1-3H3,(H,23,26)(H,24,27). The number of nitrogens with one attached hydrogen (secondary N) is 2. The van der Waals surface area contributed by atoms with Gasteiger partial charge in [-0.15, -0.1) is 0 Å². The molecule has 6 nitrogen and oxygen atoms in total. The van der Waals surface area contributed by atoms with E-state index >= 15 is 0 Å². The number of anilines is 2. The van der Waals surface area contributed by atoms with E-state index in [2.05, 4.69) is 15.6 Å². The van der Waals surface area contributed by atoms with E-state index in [1.54, 1.807) is 24.3 Å². The second-order valence-corrected chi connectivity index (χ2v) is 7.67. The van der Waals surface area contributed by atoms with Crippen LogP contribution in [-0.4, -0.2) is 26.6 Å². The molecule has 2 N–H and O–H groups in total. The third-order valence-corrected chi connectivity index (χ3v) is 5.30. The van der Waals surface area contributed by atoms with E-state index in [-0.39, 0.29) is 17.1 Å². The summed E-state index contributed by atoms with van der Waals surface area (Å²) in [5.74, 6) is -0.242. The van der Waals surface area contributed by atoms with Gasteiger partial charge in [0.25, 0.3) is 0 Å². The van der Waals surface area contributed by atoms with E-state index in [0.29, 0.717) is 11.4 Å². The number of thioether (sulfide) groups is 1. The highest BCUT2D eigenvalue weighted by Gasteiger charge is 2.18. The van der Waals surface area contributed by atoms with Crippen molar-refractivity contribution in [1.82, 2.24) is 9.55 Å². The summed E-state index contributed by atoms with van der Waals surface area (Å²) < 4.78 is 1.99. The zero-order chi connectivity index (χ0) is 20.1. The predicted molar refractivity (Wildman–Crippen MR) is 113 cm³/mol. The molecule has 1 aromatic heterocycles. The molecule has 0 fully saturated rings. The normalized spacial score (nSPS) is 11.7. The molecule has 1 atom stereocenters. The molecule has 0 spiro atoms. The fourth-order valence-electron chi connectivity index (χ4n) is 2.67. The molecule has 0 aliphatic heterocycles. The number of aromatic nitrogens is 2. The lowest BCUT2D eigenvalue weighted by Gasteiger charge is -2.13. The van der Waals surface area contributed by atoms with Crippen LogP contribution in [0.2, 0.25) is 0 Å². The van der Waals surface area contributed by atoms with Gasteiger partial charge in [-0.3, -0.25) is 9.59 Å². The molecule has 0 aliphatic carbocycles. The average molecular weight is 395 g/mol. The molecule has 0 saturated heterocycles. The minimum atomic E-state index is -0.320. The Morgan fingerprint density at radius 3 is 2.21 bits per heavy atom. The van der Waals surface area contributed by atoms with Crippen molar-refractivity contribution in [2.75, 3.05) is 10.6 Å². The lowest BCUT2D eigenvalue weighted by Crippen LogP contribution is -2.22. The number of amides is 2. The predicted octanol–water partition coefficient (Wildman–Crippen LogP) is 4.16. The van der Waals surface area contributed by atoms with Crippen molar-refractivity contribution in [2.45, 2.75) is 24.3 Å². The number of carbonyl (C=O) groups excluding carboxylic acids is 2. The van der Waals surface area contributed by atoms with Crippen LogP contribution in [0.25, 0.3) is 11.3 Å². The maximum Gasteiger partial charge on any atom is 0.237 e. The largest absolute Gasteiger partial charge is 0.326 e. The zero-order valence-corrected chi connectivity index (χ0v) is 16.8. The van der Waals surface area contributed by atoms with Crippen LogP contribution in [0.15, 0.2) is 66.0 Å². The second kappa shape index (κ2) is 8.75. The second-order valence-electron chi connectivity index (χ2n) is 6.36. The molecule has 28 heavy (non-hydrogen) atoms. The molecule has 0 aliphatic rings. The average Bonchev–Trinajstić information content (AvgIpc) is 3.04. The highest BCUT2D eigenvalue weighted by Crippen LogP contribution is 2.28. The van der Waals surface area contributed by atoms with Gasteiger partial charge < -0.3 is 15.2 Å². The summed E-state index contributed by atoms with van der Waals surface area (Å²) in [7, 11) is 1.95. The van der Waals surface area contributed by atoms with Gasteiger partial charge >= 0.3 is 0 Å².